The molecule has 9 rings (SSSR count). The van der Waals surface area contributed by atoms with Crippen LogP contribution in [-0.2, 0) is 0 Å². The Morgan fingerprint density at radius 1 is 0.453 bits per heavy atom. The van der Waals surface area contributed by atoms with Gasteiger partial charge < -0.3 is 20.7 Å². The summed E-state index contributed by atoms with van der Waals surface area (Å²) in [6, 6.07) is 37.2. The first-order valence-electron chi connectivity index (χ1n) is 28.7. The quantitative estimate of drug-likeness (QED) is 0.100. The second kappa shape index (κ2) is 27.0. The number of carbonyl (C=O) groups is 3. The van der Waals surface area contributed by atoms with Crippen molar-refractivity contribution in [2.45, 2.75) is 146 Å². The van der Waals surface area contributed by atoms with E-state index < -0.39 is 11.4 Å². The Labute approximate surface area is 510 Å². The van der Waals surface area contributed by atoms with Crippen LogP contribution >= 0.6 is 11.6 Å². The fourth-order valence-electron chi connectivity index (χ4n) is 8.99. The van der Waals surface area contributed by atoms with Crippen molar-refractivity contribution in [3.05, 3.63) is 173 Å². The molecule has 0 bridgehead atoms. The lowest BCUT2D eigenvalue weighted by Crippen LogP contribution is -2.40. The molecule has 3 amide bonds. The molecular weight excluding hydrogens is 1100 g/mol. The molecule has 3 aromatic carbocycles. The number of pyridine rings is 3. The number of hydrogen-bond donors (Lipinski definition) is 3. The van der Waals surface area contributed by atoms with Crippen molar-refractivity contribution in [1.29, 1.82) is 0 Å². The van der Waals surface area contributed by atoms with Crippen LogP contribution in [0.4, 0.5) is 4.39 Å². The van der Waals surface area contributed by atoms with E-state index in [4.69, 9.17) is 26.3 Å². The Bertz CT molecular complexity index is 3820. The highest BCUT2D eigenvalue weighted by molar-refractivity contribution is 6.30. The van der Waals surface area contributed by atoms with Crippen LogP contribution in [0.3, 0.4) is 0 Å². The third-order valence-corrected chi connectivity index (χ3v) is 13.2. The van der Waals surface area contributed by atoms with Gasteiger partial charge in [-0.1, -0.05) is 47.5 Å². The highest BCUT2D eigenvalue weighted by Crippen LogP contribution is 2.32. The Morgan fingerprint density at radius 3 is 1.06 bits per heavy atom. The van der Waals surface area contributed by atoms with Crippen LogP contribution in [0.15, 0.2) is 140 Å². The van der Waals surface area contributed by atoms with Gasteiger partial charge in [0.2, 0.25) is 0 Å². The molecule has 0 spiro atoms. The summed E-state index contributed by atoms with van der Waals surface area (Å²) >= 11 is 5.82. The van der Waals surface area contributed by atoms with Gasteiger partial charge in [0.15, 0.2) is 0 Å². The molecule has 0 aliphatic rings. The van der Waals surface area contributed by atoms with E-state index in [0.29, 0.717) is 39.3 Å². The predicted molar refractivity (Wildman–Crippen MR) is 342 cm³/mol. The molecule has 6 heterocycles. The maximum absolute atomic E-state index is 14.0. The van der Waals surface area contributed by atoms with Gasteiger partial charge in [-0.25, -0.2) is 19.3 Å². The van der Waals surface area contributed by atoms with Crippen LogP contribution in [0.2, 0.25) is 5.02 Å². The maximum Gasteiger partial charge on any atom is 0.251 e. The molecule has 18 heteroatoms. The summed E-state index contributed by atoms with van der Waals surface area (Å²) in [5.74, 6) is -0.239. The number of carbonyl (C=O) groups excluding carboxylic acids is 3. The first kappa shape index (κ1) is 64.7. The Kier molecular flexibility index (Phi) is 20.3. The van der Waals surface area contributed by atoms with Gasteiger partial charge in [-0.2, -0.15) is 15.3 Å². The van der Waals surface area contributed by atoms with Gasteiger partial charge in [0, 0.05) is 86.7 Å². The van der Waals surface area contributed by atoms with Crippen LogP contribution in [0.25, 0.3) is 67.9 Å². The number of nitrogens with zero attached hydrogens (tertiary/aromatic N) is 9. The highest BCUT2D eigenvalue weighted by atomic mass is 35.5. The van der Waals surface area contributed by atoms with Crippen molar-refractivity contribution in [2.75, 3.05) is 7.11 Å². The monoisotopic (exact) mass is 1180 g/mol. The lowest BCUT2D eigenvalue weighted by Gasteiger charge is -2.21. The zero-order chi connectivity index (χ0) is 63.0. The van der Waals surface area contributed by atoms with Crippen LogP contribution in [0.5, 0.6) is 5.75 Å². The zero-order valence-corrected chi connectivity index (χ0v) is 53.2. The second-order valence-corrected chi connectivity index (χ2v) is 25.4. The number of nitrogens with one attached hydrogen (secondary N) is 3. The lowest BCUT2D eigenvalue weighted by atomic mass is 10.0. The minimum Gasteiger partial charge on any atom is -0.497 e. The summed E-state index contributed by atoms with van der Waals surface area (Å²) in [6.07, 6.45) is 5.22. The summed E-state index contributed by atoms with van der Waals surface area (Å²) in [6.45, 7) is 31.9. The molecule has 9 aromatic rings. The molecule has 0 saturated carbocycles. The van der Waals surface area contributed by atoms with Crippen molar-refractivity contribution >= 4 is 29.3 Å². The fraction of sp³-hybridized carbons (Fsp3) is 0.338. The molecule has 86 heavy (non-hydrogen) atoms. The molecule has 3 N–H and O–H groups in total. The van der Waals surface area contributed by atoms with Crippen LogP contribution in [-0.4, -0.2) is 85.7 Å². The molecule has 0 fully saturated rings. The van der Waals surface area contributed by atoms with Gasteiger partial charge in [-0.15, -0.1) is 0 Å². The Hall–Kier alpha value is -8.83. The Balaban J connectivity index is 0.000000185. The summed E-state index contributed by atoms with van der Waals surface area (Å²) in [5, 5.41) is 22.3. The summed E-state index contributed by atoms with van der Waals surface area (Å²) < 4.78 is 25.0. The fourth-order valence-corrected chi connectivity index (χ4v) is 9.11. The molecule has 450 valence electrons. The predicted octanol–water partition coefficient (Wildman–Crippen LogP) is 15.3. The van der Waals surface area contributed by atoms with Crippen LogP contribution < -0.4 is 20.7 Å². The summed E-state index contributed by atoms with van der Waals surface area (Å²) in [4.78, 5) is 53.0. The SMILES string of the molecule is CC(C)n1nccc1-c1cc(C(=O)NC(C)(C)C)cc(-c2ccc(Cl)c(F)c2)n1.COc1ccc(-c2cc(C(=O)NC(C)(C)C)cc(-c3ccnn3C(C)C)n2)cc1.Cc1ccc(-c2cc(C(=O)NC(C)(C)C)cc(-c3ccnn3C(C)C)n2)cc1. The average molecular weight is 1180 g/mol. The van der Waals surface area contributed by atoms with E-state index in [-0.39, 0.29) is 51.9 Å². The second-order valence-electron chi connectivity index (χ2n) is 25.0. The smallest absolute Gasteiger partial charge is 0.251 e. The third-order valence-electron chi connectivity index (χ3n) is 12.9. The van der Waals surface area contributed by atoms with Gasteiger partial charge in [0.25, 0.3) is 17.7 Å². The average Bonchev–Trinajstić information content (AvgIpc) is 2.75. The number of ether oxygens (including phenoxy) is 1. The Morgan fingerprint density at radius 2 is 0.756 bits per heavy atom. The standard InChI is InChI=1S/C23H28N4O2.C23H28N4O.C22H24ClFN4O/c1-15(2)27-21(11-12-24-27)20-14-17(22(28)26-23(3,4)5)13-19(25-20)16-7-9-18(29-6)10-8-16;1-15(2)27-21(11-12-24-27)20-14-18(22(28)26-23(4,5)6)13-19(25-20)17-9-7-16(3)8-10-17;1-13(2)28-20(8-9-25-28)19-12-15(21(29)27-22(3,4)5)11-18(26-19)14-6-7-16(23)17(24)10-14/h7-15H,1-6H3,(H,26,28);7-15H,1-6H3,(H,26,28);6-13H,1-5H3,(H,27,29). The van der Waals surface area contributed by atoms with Gasteiger partial charge in [0.05, 0.1) is 63.4 Å². The first-order chi connectivity index (χ1) is 40.4. The number of amides is 3. The van der Waals surface area contributed by atoms with Crippen LogP contribution in [0, 0.1) is 12.7 Å². The van der Waals surface area contributed by atoms with E-state index in [1.54, 1.807) is 43.9 Å². The number of benzene rings is 3. The molecule has 16 nitrogen and oxygen atoms in total. The molecule has 0 aliphatic carbocycles. The topological polar surface area (TPSA) is 189 Å². The van der Waals surface area contributed by atoms with E-state index in [1.807, 2.05) is 169 Å². The number of methoxy groups -OCH3 is 1. The van der Waals surface area contributed by atoms with Gasteiger partial charge in [-0.3, -0.25) is 28.4 Å². The van der Waals surface area contributed by atoms with E-state index in [0.717, 1.165) is 51.0 Å². The van der Waals surface area contributed by atoms with Crippen molar-refractivity contribution in [1.82, 2.24) is 60.2 Å². The minimum absolute atomic E-state index is 0.0356. The van der Waals surface area contributed by atoms with E-state index in [1.165, 1.54) is 17.7 Å². The lowest BCUT2D eigenvalue weighted by molar-refractivity contribution is 0.0910. The molecule has 0 aliphatic heterocycles. The molecule has 0 saturated heterocycles. The van der Waals surface area contributed by atoms with Crippen molar-refractivity contribution < 1.29 is 23.5 Å². The highest BCUT2D eigenvalue weighted by Gasteiger charge is 2.24. The summed E-state index contributed by atoms with van der Waals surface area (Å²) in [7, 11) is 1.63. The number of halogens is 2. The number of aryl methyl sites for hydroxylation is 1. The first-order valence-corrected chi connectivity index (χ1v) is 29.1. The van der Waals surface area contributed by atoms with Gasteiger partial charge in [0.1, 0.15) is 11.6 Å². The van der Waals surface area contributed by atoms with Crippen molar-refractivity contribution in [2.24, 2.45) is 0 Å². The van der Waals surface area contributed by atoms with Crippen LogP contribution in [0.1, 0.15) is 159 Å². The van der Waals surface area contributed by atoms with E-state index >= 15 is 0 Å². The number of aromatic nitrogens is 9. The molecule has 0 atom stereocenters. The number of hydrogen-bond acceptors (Lipinski definition) is 10. The van der Waals surface area contributed by atoms with Crippen molar-refractivity contribution in [3.8, 4) is 73.7 Å². The molecule has 0 unspecified atom stereocenters. The van der Waals surface area contributed by atoms with E-state index in [2.05, 4.69) is 83.0 Å². The number of rotatable bonds is 13. The third kappa shape index (κ3) is 17.2. The zero-order valence-electron chi connectivity index (χ0n) is 52.4. The van der Waals surface area contributed by atoms with Gasteiger partial charge >= 0.3 is 0 Å². The molecule has 0 radical (unpaired) electrons. The normalized spacial score (nSPS) is 11.7. The summed E-state index contributed by atoms with van der Waals surface area (Å²) in [5.41, 5.74) is 10.7. The minimum atomic E-state index is -0.538. The van der Waals surface area contributed by atoms with E-state index in [9.17, 15) is 18.8 Å². The maximum atomic E-state index is 14.0. The largest absolute Gasteiger partial charge is 0.497 e. The molecular formula is C68H80ClFN12O4. The van der Waals surface area contributed by atoms with Gasteiger partial charge in [-0.05, 0) is 202 Å². The van der Waals surface area contributed by atoms with Crippen molar-refractivity contribution in [3.63, 3.8) is 0 Å². The molecule has 6 aromatic heterocycles.